The molecular formula is C46H49N5O2. The zero-order valence-electron chi connectivity index (χ0n) is 30.8. The molecule has 1 aliphatic heterocycles. The lowest BCUT2D eigenvalue weighted by molar-refractivity contribution is -0.120. The van der Waals surface area contributed by atoms with E-state index in [1.165, 1.54) is 16.7 Å². The molecule has 270 valence electrons. The molecule has 7 heteroatoms. The van der Waals surface area contributed by atoms with Crippen LogP contribution >= 0.6 is 0 Å². The van der Waals surface area contributed by atoms with Gasteiger partial charge in [-0.3, -0.25) is 9.69 Å². The summed E-state index contributed by atoms with van der Waals surface area (Å²) in [4.78, 5) is 19.6. The van der Waals surface area contributed by atoms with Crippen molar-refractivity contribution in [1.29, 1.82) is 0 Å². The van der Waals surface area contributed by atoms with Crippen molar-refractivity contribution in [2.24, 2.45) is 0 Å². The monoisotopic (exact) mass is 703 g/mol. The molecule has 0 saturated heterocycles. The van der Waals surface area contributed by atoms with Crippen molar-refractivity contribution < 1.29 is 9.90 Å². The summed E-state index contributed by atoms with van der Waals surface area (Å²) in [5.41, 5.74) is 12.9. The second-order valence-electron chi connectivity index (χ2n) is 13.7. The van der Waals surface area contributed by atoms with Crippen LogP contribution in [0.4, 0.5) is 5.82 Å². The van der Waals surface area contributed by atoms with E-state index in [2.05, 4.69) is 119 Å². The zero-order chi connectivity index (χ0) is 37.0. The Morgan fingerprint density at radius 2 is 1.42 bits per heavy atom. The number of rotatable bonds is 16. The SMILES string of the molecule is CC1=C=CC=C(C)N1c1ccc(C(O)CNC(C)Cc2cccc(CC(=O)NCc3ccc(CNC(c4ccccc4)c4ccccc4)cc3)c2)cn1. The molecule has 2 unspecified atom stereocenters. The second kappa shape index (κ2) is 18.3. The van der Waals surface area contributed by atoms with Crippen LogP contribution in [0.25, 0.3) is 0 Å². The van der Waals surface area contributed by atoms with E-state index in [1.807, 2.05) is 67.3 Å². The minimum Gasteiger partial charge on any atom is -0.387 e. The number of aliphatic hydroxyl groups excluding tert-OH is 1. The highest BCUT2D eigenvalue weighted by molar-refractivity contribution is 5.78. The van der Waals surface area contributed by atoms with Gasteiger partial charge in [0.25, 0.3) is 0 Å². The van der Waals surface area contributed by atoms with Gasteiger partial charge in [-0.2, -0.15) is 0 Å². The van der Waals surface area contributed by atoms with Crippen LogP contribution < -0.4 is 20.9 Å². The summed E-state index contributed by atoms with van der Waals surface area (Å²) >= 11 is 0. The van der Waals surface area contributed by atoms with Gasteiger partial charge < -0.3 is 21.1 Å². The van der Waals surface area contributed by atoms with Crippen LogP contribution in [0, 0.1) is 0 Å². The van der Waals surface area contributed by atoms with Gasteiger partial charge in [0.15, 0.2) is 0 Å². The molecule has 53 heavy (non-hydrogen) atoms. The number of pyridine rings is 1. The first-order valence-corrected chi connectivity index (χ1v) is 18.4. The minimum atomic E-state index is -0.678. The van der Waals surface area contributed by atoms with Crippen LogP contribution in [-0.4, -0.2) is 28.6 Å². The number of benzene rings is 4. The molecule has 1 amide bonds. The standard InChI is InChI=1S/C46H49N5O2/c1-33(47-32-43(52)42-24-25-44(48-31-42)51-34(2)12-10-13-35(51)3)26-38-14-11-15-39(27-38)28-45(53)49-29-36-20-22-37(23-21-36)30-50-46(40-16-6-4-7-17-40)41-18-8-5-9-19-41/h4-12,14-25,27,31,33,43,46-47,50,52H,26,28-30,32H2,1-3H3,(H,49,53). The molecule has 0 radical (unpaired) electrons. The minimum absolute atomic E-state index is 0.00972. The number of allylic oxidation sites excluding steroid dienone is 3. The van der Waals surface area contributed by atoms with Crippen LogP contribution in [0.2, 0.25) is 0 Å². The van der Waals surface area contributed by atoms with E-state index in [4.69, 9.17) is 0 Å². The fourth-order valence-corrected chi connectivity index (χ4v) is 6.65. The van der Waals surface area contributed by atoms with Crippen molar-refractivity contribution in [3.63, 3.8) is 0 Å². The third kappa shape index (κ3) is 10.5. The van der Waals surface area contributed by atoms with Gasteiger partial charge in [-0.05, 0) is 78.8 Å². The van der Waals surface area contributed by atoms with Crippen LogP contribution in [-0.2, 0) is 30.7 Å². The maximum absolute atomic E-state index is 12.9. The fourth-order valence-electron chi connectivity index (χ4n) is 6.65. The average molecular weight is 704 g/mol. The van der Waals surface area contributed by atoms with Crippen molar-refractivity contribution in [3.8, 4) is 0 Å². The van der Waals surface area contributed by atoms with Crippen molar-refractivity contribution in [2.45, 2.75) is 64.9 Å². The number of carbonyl (C=O) groups excluding carboxylic acids is 1. The van der Waals surface area contributed by atoms with E-state index in [0.717, 1.165) is 52.4 Å². The van der Waals surface area contributed by atoms with E-state index in [9.17, 15) is 9.90 Å². The molecular weight excluding hydrogens is 655 g/mol. The Morgan fingerprint density at radius 1 is 0.755 bits per heavy atom. The third-order valence-electron chi connectivity index (χ3n) is 9.54. The summed E-state index contributed by atoms with van der Waals surface area (Å²) in [6, 6.07) is 41.7. The van der Waals surface area contributed by atoms with Crippen LogP contribution in [0.15, 0.2) is 157 Å². The molecule has 5 aromatic rings. The molecule has 6 rings (SSSR count). The molecule has 0 aliphatic carbocycles. The van der Waals surface area contributed by atoms with Crippen LogP contribution in [0.5, 0.6) is 0 Å². The Morgan fingerprint density at radius 3 is 2.06 bits per heavy atom. The summed E-state index contributed by atoms with van der Waals surface area (Å²) in [7, 11) is 0. The van der Waals surface area contributed by atoms with Gasteiger partial charge in [0.1, 0.15) is 5.82 Å². The van der Waals surface area contributed by atoms with Gasteiger partial charge >= 0.3 is 0 Å². The van der Waals surface area contributed by atoms with Crippen molar-refractivity contribution >= 4 is 11.7 Å². The first-order valence-electron chi connectivity index (χ1n) is 18.4. The molecule has 7 nitrogen and oxygen atoms in total. The maximum atomic E-state index is 12.9. The van der Waals surface area contributed by atoms with Gasteiger partial charge in [-0.25, -0.2) is 4.98 Å². The van der Waals surface area contributed by atoms with Gasteiger partial charge in [-0.1, -0.05) is 121 Å². The Balaban J connectivity index is 0.934. The molecule has 0 saturated carbocycles. The number of nitrogens with zero attached hydrogens (tertiary/aromatic N) is 2. The van der Waals surface area contributed by atoms with Gasteiger partial charge in [0, 0.05) is 43.1 Å². The van der Waals surface area contributed by atoms with Gasteiger partial charge in [-0.15, -0.1) is 0 Å². The molecule has 0 fully saturated rings. The summed E-state index contributed by atoms with van der Waals surface area (Å²) in [5.74, 6) is 0.793. The number of anilines is 1. The quantitative estimate of drug-likeness (QED) is 0.0784. The number of nitrogens with one attached hydrogen (secondary N) is 3. The fraction of sp³-hybridized carbons (Fsp3) is 0.239. The highest BCUT2D eigenvalue weighted by Gasteiger charge is 2.17. The normalized spacial score (nSPS) is 13.7. The lowest BCUT2D eigenvalue weighted by Gasteiger charge is -2.25. The summed E-state index contributed by atoms with van der Waals surface area (Å²) in [5, 5.41) is 21.1. The lowest BCUT2D eigenvalue weighted by Crippen LogP contribution is -2.32. The molecule has 0 bridgehead atoms. The van der Waals surface area contributed by atoms with E-state index < -0.39 is 6.10 Å². The molecule has 1 aromatic heterocycles. The molecule has 4 aromatic carbocycles. The number of carbonyl (C=O) groups is 1. The van der Waals surface area contributed by atoms with Gasteiger partial charge in [0.2, 0.25) is 5.91 Å². The smallest absolute Gasteiger partial charge is 0.224 e. The van der Waals surface area contributed by atoms with Crippen LogP contribution in [0.1, 0.15) is 71.9 Å². The first kappa shape index (κ1) is 37.2. The highest BCUT2D eigenvalue weighted by Crippen LogP contribution is 2.25. The van der Waals surface area contributed by atoms with Crippen molar-refractivity contribution in [3.05, 3.63) is 196 Å². The number of hydrogen-bond donors (Lipinski definition) is 4. The lowest BCUT2D eigenvalue weighted by atomic mass is 9.98. The highest BCUT2D eigenvalue weighted by atomic mass is 16.3. The molecule has 2 atom stereocenters. The Kier molecular flexibility index (Phi) is 12.8. The Labute approximate surface area is 313 Å². The molecule has 0 spiro atoms. The van der Waals surface area contributed by atoms with E-state index in [-0.39, 0.29) is 18.0 Å². The third-order valence-corrected chi connectivity index (χ3v) is 9.54. The largest absolute Gasteiger partial charge is 0.387 e. The summed E-state index contributed by atoms with van der Waals surface area (Å²) in [6.45, 7) is 7.76. The first-order chi connectivity index (χ1) is 25.8. The number of amides is 1. The summed E-state index contributed by atoms with van der Waals surface area (Å²) in [6.07, 6.45) is 6.07. The van der Waals surface area contributed by atoms with E-state index >= 15 is 0 Å². The van der Waals surface area contributed by atoms with E-state index in [1.54, 1.807) is 6.20 Å². The summed E-state index contributed by atoms with van der Waals surface area (Å²) < 4.78 is 0. The van der Waals surface area contributed by atoms with E-state index in [0.29, 0.717) is 19.5 Å². The molecule has 2 heterocycles. The zero-order valence-corrected chi connectivity index (χ0v) is 30.8. The van der Waals surface area contributed by atoms with Crippen molar-refractivity contribution in [1.82, 2.24) is 20.9 Å². The second-order valence-corrected chi connectivity index (χ2v) is 13.7. The Bertz CT molecular complexity index is 2000. The molecule has 4 N–H and O–H groups in total. The topological polar surface area (TPSA) is 89.5 Å². The Hall–Kier alpha value is -5.56. The molecule has 1 aliphatic rings. The van der Waals surface area contributed by atoms with Gasteiger partial charge in [0.05, 0.1) is 24.3 Å². The van der Waals surface area contributed by atoms with Crippen LogP contribution in [0.3, 0.4) is 0 Å². The number of aromatic nitrogens is 1. The average Bonchev–Trinajstić information content (AvgIpc) is 3.18. The predicted molar refractivity (Wildman–Crippen MR) is 214 cm³/mol. The number of aliphatic hydroxyl groups is 1. The predicted octanol–water partition coefficient (Wildman–Crippen LogP) is 7.86. The van der Waals surface area contributed by atoms with Crippen molar-refractivity contribution in [2.75, 3.05) is 11.4 Å². The maximum Gasteiger partial charge on any atom is 0.224 e. The number of hydrogen-bond acceptors (Lipinski definition) is 6.